The molecule has 2 heterocycles. The van der Waals surface area contributed by atoms with E-state index in [0.29, 0.717) is 55.9 Å². The molecule has 2 amide bonds. The number of ether oxygens (including phenoxy) is 1. The second-order valence-electron chi connectivity index (χ2n) is 10.6. The molecular formula is C29H38FN3O4. The summed E-state index contributed by atoms with van der Waals surface area (Å²) in [4.78, 5) is 28.7. The maximum Gasteiger partial charge on any atom is 0.255 e. The van der Waals surface area contributed by atoms with Gasteiger partial charge in [0.15, 0.2) is 11.6 Å². The van der Waals surface area contributed by atoms with Gasteiger partial charge in [-0.3, -0.25) is 14.5 Å². The zero-order valence-electron chi connectivity index (χ0n) is 21.8. The van der Waals surface area contributed by atoms with Gasteiger partial charge in [-0.25, -0.2) is 4.39 Å². The van der Waals surface area contributed by atoms with Crippen LogP contribution in [-0.2, 0) is 11.3 Å². The third kappa shape index (κ3) is 6.42. The predicted octanol–water partition coefficient (Wildman–Crippen LogP) is 4.25. The number of nitrogens with zero attached hydrogens (tertiary/aromatic N) is 1. The largest absolute Gasteiger partial charge is 0.505 e. The highest BCUT2D eigenvalue weighted by Gasteiger charge is 2.42. The Labute approximate surface area is 218 Å². The lowest BCUT2D eigenvalue weighted by molar-refractivity contribution is -0.136. The highest BCUT2D eigenvalue weighted by atomic mass is 19.1. The van der Waals surface area contributed by atoms with E-state index in [-0.39, 0.29) is 36.1 Å². The number of phenolic OH excluding ortho intramolecular Hbond substituents is 1. The Balaban J connectivity index is 1.49. The number of aromatic hydroxyl groups is 1. The number of para-hydroxylation sites is 2. The number of carbonyl (C=O) groups excluding carboxylic acids is 2. The number of phenols is 1. The van der Waals surface area contributed by atoms with Gasteiger partial charge in [0, 0.05) is 18.7 Å². The van der Waals surface area contributed by atoms with Gasteiger partial charge in [-0.05, 0) is 62.9 Å². The zero-order valence-corrected chi connectivity index (χ0v) is 21.8. The second-order valence-corrected chi connectivity index (χ2v) is 10.6. The average molecular weight is 512 g/mol. The quantitative estimate of drug-likeness (QED) is 0.573. The number of fused-ring (bicyclic) bond motifs is 1. The van der Waals surface area contributed by atoms with Crippen molar-refractivity contribution in [2.45, 2.75) is 58.5 Å². The van der Waals surface area contributed by atoms with E-state index in [1.807, 2.05) is 12.1 Å². The topological polar surface area (TPSA) is 90.9 Å². The Morgan fingerprint density at radius 2 is 1.84 bits per heavy atom. The fourth-order valence-electron chi connectivity index (χ4n) is 5.23. The summed E-state index contributed by atoms with van der Waals surface area (Å²) in [5, 5.41) is 16.4. The van der Waals surface area contributed by atoms with E-state index in [1.54, 1.807) is 24.3 Å². The number of halogens is 1. The lowest BCUT2D eigenvalue weighted by Gasteiger charge is -2.42. The first-order chi connectivity index (χ1) is 17.8. The minimum atomic E-state index is -0.618. The maximum atomic E-state index is 13.8. The molecule has 1 atom stereocenters. The molecule has 1 spiro atoms. The van der Waals surface area contributed by atoms with Crippen LogP contribution in [0.1, 0.15) is 61.9 Å². The fourth-order valence-corrected chi connectivity index (χ4v) is 5.23. The van der Waals surface area contributed by atoms with E-state index in [4.69, 9.17) is 4.74 Å². The van der Waals surface area contributed by atoms with Crippen molar-refractivity contribution >= 4 is 11.8 Å². The number of carbonyl (C=O) groups is 2. The number of hydrogen-bond acceptors (Lipinski definition) is 5. The summed E-state index contributed by atoms with van der Waals surface area (Å²) in [6, 6.07) is 11.6. The van der Waals surface area contributed by atoms with Crippen molar-refractivity contribution in [1.82, 2.24) is 15.5 Å². The number of hydrogen-bond donors (Lipinski definition) is 3. The molecule has 2 aliphatic heterocycles. The standard InChI is InChI=1S/C29H38FN3O4/c1-20(2)24-19-37-25-11-4-3-9-22(25)27(35)31-15-6-5-12-29(28(36)32-24)13-16-33(17-14-29)18-21-8-7-10-23(30)26(21)34/h3-4,7-11,20,24,34H,5-6,12-19H2,1-2H3,(H,31,35)(H,32,36)/t24-/m1/s1. The summed E-state index contributed by atoms with van der Waals surface area (Å²) in [6.07, 6.45) is 3.68. The van der Waals surface area contributed by atoms with Crippen LogP contribution in [0.4, 0.5) is 4.39 Å². The molecule has 2 aliphatic rings. The van der Waals surface area contributed by atoms with E-state index in [9.17, 15) is 19.1 Å². The number of piperidine rings is 1. The van der Waals surface area contributed by atoms with Crippen LogP contribution in [0.3, 0.4) is 0 Å². The summed E-state index contributed by atoms with van der Waals surface area (Å²) in [6.45, 7) is 6.70. The molecule has 200 valence electrons. The number of nitrogens with one attached hydrogen (secondary N) is 2. The van der Waals surface area contributed by atoms with Gasteiger partial charge >= 0.3 is 0 Å². The van der Waals surface area contributed by atoms with Crippen molar-refractivity contribution in [2.75, 3.05) is 26.2 Å². The number of amides is 2. The molecule has 0 aromatic heterocycles. The highest BCUT2D eigenvalue weighted by Crippen LogP contribution is 2.38. The molecule has 2 aromatic rings. The number of rotatable bonds is 3. The summed E-state index contributed by atoms with van der Waals surface area (Å²) in [5.41, 5.74) is 0.542. The van der Waals surface area contributed by atoms with Crippen LogP contribution in [0.15, 0.2) is 42.5 Å². The van der Waals surface area contributed by atoms with Gasteiger partial charge < -0.3 is 20.5 Å². The van der Waals surface area contributed by atoms with Crippen molar-refractivity contribution in [3.05, 3.63) is 59.4 Å². The third-order valence-electron chi connectivity index (χ3n) is 7.80. The highest BCUT2D eigenvalue weighted by molar-refractivity contribution is 5.96. The normalized spacial score (nSPS) is 21.5. The summed E-state index contributed by atoms with van der Waals surface area (Å²) < 4.78 is 19.9. The van der Waals surface area contributed by atoms with Crippen LogP contribution in [0.25, 0.3) is 0 Å². The van der Waals surface area contributed by atoms with Gasteiger partial charge in [0.1, 0.15) is 12.4 Å². The van der Waals surface area contributed by atoms with E-state index in [2.05, 4.69) is 29.4 Å². The van der Waals surface area contributed by atoms with Gasteiger partial charge in [0.2, 0.25) is 5.91 Å². The van der Waals surface area contributed by atoms with Gasteiger partial charge in [0.25, 0.3) is 5.91 Å². The molecule has 7 nitrogen and oxygen atoms in total. The molecule has 37 heavy (non-hydrogen) atoms. The van der Waals surface area contributed by atoms with Crippen molar-refractivity contribution in [3.63, 3.8) is 0 Å². The monoisotopic (exact) mass is 511 g/mol. The number of likely N-dealkylation sites (tertiary alicyclic amines) is 1. The summed E-state index contributed by atoms with van der Waals surface area (Å²) in [7, 11) is 0. The predicted molar refractivity (Wildman–Crippen MR) is 140 cm³/mol. The lowest BCUT2D eigenvalue weighted by Crippen LogP contribution is -2.53. The Kier molecular flexibility index (Phi) is 8.69. The van der Waals surface area contributed by atoms with Gasteiger partial charge in [-0.1, -0.05) is 44.5 Å². The summed E-state index contributed by atoms with van der Waals surface area (Å²) in [5.74, 6) is -0.361. The van der Waals surface area contributed by atoms with E-state index in [1.165, 1.54) is 6.07 Å². The van der Waals surface area contributed by atoms with Crippen molar-refractivity contribution in [3.8, 4) is 11.5 Å². The Hall–Kier alpha value is -3.13. The van der Waals surface area contributed by atoms with Crippen LogP contribution in [-0.4, -0.2) is 54.1 Å². The first-order valence-electron chi connectivity index (χ1n) is 13.3. The average Bonchev–Trinajstić information content (AvgIpc) is 2.89. The van der Waals surface area contributed by atoms with Crippen LogP contribution in [0.5, 0.6) is 11.5 Å². The smallest absolute Gasteiger partial charge is 0.255 e. The maximum absolute atomic E-state index is 13.8. The molecule has 1 fully saturated rings. The molecule has 0 aliphatic carbocycles. The molecule has 8 heteroatoms. The molecule has 0 saturated carbocycles. The minimum absolute atomic E-state index is 0.0532. The molecular weight excluding hydrogens is 473 g/mol. The van der Waals surface area contributed by atoms with E-state index >= 15 is 0 Å². The van der Waals surface area contributed by atoms with Crippen LogP contribution >= 0.6 is 0 Å². The molecule has 2 aromatic carbocycles. The van der Waals surface area contributed by atoms with Crippen LogP contribution in [0.2, 0.25) is 0 Å². The van der Waals surface area contributed by atoms with Gasteiger partial charge in [-0.2, -0.15) is 0 Å². The molecule has 0 bridgehead atoms. The minimum Gasteiger partial charge on any atom is -0.505 e. The van der Waals surface area contributed by atoms with Crippen molar-refractivity contribution in [2.24, 2.45) is 11.3 Å². The molecule has 0 radical (unpaired) electrons. The van der Waals surface area contributed by atoms with E-state index in [0.717, 1.165) is 19.3 Å². The lowest BCUT2D eigenvalue weighted by atomic mass is 9.73. The molecule has 4 rings (SSSR count). The molecule has 0 unspecified atom stereocenters. The third-order valence-corrected chi connectivity index (χ3v) is 7.80. The fraction of sp³-hybridized carbons (Fsp3) is 0.517. The van der Waals surface area contributed by atoms with Gasteiger partial charge in [-0.15, -0.1) is 0 Å². The second kappa shape index (κ2) is 11.9. The zero-order chi connectivity index (χ0) is 26.4. The Bertz CT molecular complexity index is 1100. The van der Waals surface area contributed by atoms with Crippen molar-refractivity contribution < 1.29 is 23.8 Å². The van der Waals surface area contributed by atoms with Crippen molar-refractivity contribution in [1.29, 1.82) is 0 Å². The molecule has 3 N–H and O–H groups in total. The van der Waals surface area contributed by atoms with Gasteiger partial charge in [0.05, 0.1) is 17.0 Å². The van der Waals surface area contributed by atoms with Crippen LogP contribution in [0, 0.1) is 17.2 Å². The Morgan fingerprint density at radius 1 is 1.08 bits per heavy atom. The first kappa shape index (κ1) is 26.9. The SMILES string of the molecule is CC(C)[C@H]1COc2ccccc2C(=O)NCCCCC2(CCN(Cc3cccc(F)c3O)CC2)C(=O)N1. The van der Waals surface area contributed by atoms with Crippen LogP contribution < -0.4 is 15.4 Å². The Morgan fingerprint density at radius 3 is 2.59 bits per heavy atom. The number of benzene rings is 2. The first-order valence-corrected chi connectivity index (χ1v) is 13.3. The molecule has 1 saturated heterocycles. The summed E-state index contributed by atoms with van der Waals surface area (Å²) >= 11 is 0. The van der Waals surface area contributed by atoms with E-state index < -0.39 is 11.2 Å².